The topological polar surface area (TPSA) is 46.3 Å². The van der Waals surface area contributed by atoms with E-state index in [0.717, 1.165) is 12.5 Å². The highest BCUT2D eigenvalue weighted by molar-refractivity contribution is 5.76. The Bertz CT molecular complexity index is 188. The molecule has 0 bridgehead atoms. The molecule has 82 valence electrons. The molecule has 2 N–H and O–H groups in total. The number of hydrogen-bond donors (Lipinski definition) is 1. The van der Waals surface area contributed by atoms with Crippen LogP contribution in [-0.2, 0) is 4.79 Å². The largest absolute Gasteiger partial charge is 0.346 e. The Morgan fingerprint density at radius 2 is 2.21 bits per heavy atom. The van der Waals surface area contributed by atoms with Crippen molar-refractivity contribution in [2.45, 2.75) is 45.1 Å². The van der Waals surface area contributed by atoms with Crippen molar-refractivity contribution in [1.29, 1.82) is 0 Å². The first-order valence-corrected chi connectivity index (χ1v) is 5.59. The van der Waals surface area contributed by atoms with Gasteiger partial charge in [-0.25, -0.2) is 0 Å². The highest BCUT2D eigenvalue weighted by Crippen LogP contribution is 2.29. The zero-order valence-electron chi connectivity index (χ0n) is 9.33. The summed E-state index contributed by atoms with van der Waals surface area (Å²) in [6.07, 6.45) is 5.73. The van der Waals surface area contributed by atoms with Crippen molar-refractivity contribution in [3.8, 4) is 0 Å². The average Bonchev–Trinajstić information content (AvgIpc) is 1.99. The SMILES string of the molecule is CC(N)CC(=O)N(C)CCC1CCC1. The average molecular weight is 198 g/mol. The Morgan fingerprint density at radius 1 is 1.57 bits per heavy atom. The normalized spacial score (nSPS) is 18.8. The fourth-order valence-electron chi connectivity index (χ4n) is 1.71. The first kappa shape index (κ1) is 11.5. The van der Waals surface area contributed by atoms with Gasteiger partial charge in [-0.1, -0.05) is 19.3 Å². The van der Waals surface area contributed by atoms with Gasteiger partial charge in [0.05, 0.1) is 0 Å². The van der Waals surface area contributed by atoms with E-state index in [-0.39, 0.29) is 11.9 Å². The van der Waals surface area contributed by atoms with Crippen LogP contribution in [-0.4, -0.2) is 30.4 Å². The molecule has 0 saturated heterocycles. The molecule has 1 aliphatic carbocycles. The van der Waals surface area contributed by atoms with Crippen molar-refractivity contribution in [1.82, 2.24) is 4.90 Å². The number of hydrogen-bond acceptors (Lipinski definition) is 2. The van der Waals surface area contributed by atoms with Crippen LogP contribution in [0.25, 0.3) is 0 Å². The summed E-state index contributed by atoms with van der Waals surface area (Å²) in [5.41, 5.74) is 5.58. The molecule has 0 aromatic rings. The van der Waals surface area contributed by atoms with Gasteiger partial charge in [0, 0.05) is 26.1 Å². The number of rotatable bonds is 5. The molecule has 1 saturated carbocycles. The van der Waals surface area contributed by atoms with E-state index in [1.165, 1.54) is 25.7 Å². The van der Waals surface area contributed by atoms with Crippen molar-refractivity contribution >= 4 is 5.91 Å². The van der Waals surface area contributed by atoms with Gasteiger partial charge < -0.3 is 10.6 Å². The number of carbonyl (C=O) groups excluding carboxylic acids is 1. The molecule has 1 atom stereocenters. The molecule has 1 rings (SSSR count). The monoisotopic (exact) mass is 198 g/mol. The summed E-state index contributed by atoms with van der Waals surface area (Å²) in [4.78, 5) is 13.3. The Balaban J connectivity index is 2.12. The van der Waals surface area contributed by atoms with Crippen molar-refractivity contribution in [2.75, 3.05) is 13.6 Å². The molecular weight excluding hydrogens is 176 g/mol. The second kappa shape index (κ2) is 5.35. The summed E-state index contributed by atoms with van der Waals surface area (Å²) in [6.45, 7) is 2.77. The third-order valence-electron chi connectivity index (χ3n) is 3.02. The van der Waals surface area contributed by atoms with E-state index in [1.54, 1.807) is 0 Å². The minimum absolute atomic E-state index is 0.0198. The van der Waals surface area contributed by atoms with E-state index in [0.29, 0.717) is 6.42 Å². The van der Waals surface area contributed by atoms with E-state index in [9.17, 15) is 4.79 Å². The molecule has 0 aromatic carbocycles. The lowest BCUT2D eigenvalue weighted by molar-refractivity contribution is -0.130. The maximum Gasteiger partial charge on any atom is 0.223 e. The molecule has 3 nitrogen and oxygen atoms in total. The number of nitrogens with two attached hydrogens (primary N) is 1. The van der Waals surface area contributed by atoms with E-state index in [4.69, 9.17) is 5.73 Å². The summed E-state index contributed by atoms with van der Waals surface area (Å²) in [5, 5.41) is 0. The van der Waals surface area contributed by atoms with Gasteiger partial charge in [-0.3, -0.25) is 4.79 Å². The smallest absolute Gasteiger partial charge is 0.223 e. The van der Waals surface area contributed by atoms with Gasteiger partial charge >= 0.3 is 0 Å². The second-order valence-corrected chi connectivity index (χ2v) is 4.58. The van der Waals surface area contributed by atoms with Crippen LogP contribution < -0.4 is 5.73 Å². The molecule has 1 amide bonds. The Hall–Kier alpha value is -0.570. The van der Waals surface area contributed by atoms with Gasteiger partial charge in [0.1, 0.15) is 0 Å². The van der Waals surface area contributed by atoms with Crippen LogP contribution in [0.5, 0.6) is 0 Å². The Morgan fingerprint density at radius 3 is 2.64 bits per heavy atom. The summed E-state index contributed by atoms with van der Waals surface area (Å²) in [7, 11) is 1.88. The van der Waals surface area contributed by atoms with Crippen LogP contribution in [0.15, 0.2) is 0 Å². The lowest BCUT2D eigenvalue weighted by atomic mass is 9.83. The fourth-order valence-corrected chi connectivity index (χ4v) is 1.71. The Kier molecular flexibility index (Phi) is 4.39. The molecule has 1 unspecified atom stereocenters. The van der Waals surface area contributed by atoms with Gasteiger partial charge in [0.15, 0.2) is 0 Å². The van der Waals surface area contributed by atoms with Crippen LogP contribution in [0.2, 0.25) is 0 Å². The van der Waals surface area contributed by atoms with Crippen LogP contribution in [0.4, 0.5) is 0 Å². The molecule has 0 aromatic heterocycles. The van der Waals surface area contributed by atoms with E-state index in [1.807, 2.05) is 18.9 Å². The van der Waals surface area contributed by atoms with Gasteiger partial charge in [-0.05, 0) is 19.3 Å². The molecule has 0 aliphatic heterocycles. The molecular formula is C11H22N2O. The van der Waals surface area contributed by atoms with Crippen LogP contribution >= 0.6 is 0 Å². The van der Waals surface area contributed by atoms with Crippen LogP contribution in [0.1, 0.15) is 39.0 Å². The molecule has 0 radical (unpaired) electrons. The number of carbonyl (C=O) groups is 1. The number of nitrogens with zero attached hydrogens (tertiary/aromatic N) is 1. The van der Waals surface area contributed by atoms with E-state index >= 15 is 0 Å². The van der Waals surface area contributed by atoms with Crippen molar-refractivity contribution in [2.24, 2.45) is 11.7 Å². The molecule has 1 fully saturated rings. The summed E-state index contributed by atoms with van der Waals surface area (Å²) >= 11 is 0. The first-order valence-electron chi connectivity index (χ1n) is 5.59. The molecule has 14 heavy (non-hydrogen) atoms. The molecule has 0 heterocycles. The van der Waals surface area contributed by atoms with Crippen molar-refractivity contribution in [3.05, 3.63) is 0 Å². The maximum atomic E-state index is 11.5. The highest BCUT2D eigenvalue weighted by atomic mass is 16.2. The summed E-state index contributed by atoms with van der Waals surface area (Å²) < 4.78 is 0. The van der Waals surface area contributed by atoms with Gasteiger partial charge in [0.25, 0.3) is 0 Å². The standard InChI is InChI=1S/C11H22N2O/c1-9(12)8-11(14)13(2)7-6-10-4-3-5-10/h9-10H,3-8,12H2,1-2H3. The van der Waals surface area contributed by atoms with Crippen molar-refractivity contribution < 1.29 is 4.79 Å². The first-order chi connectivity index (χ1) is 6.59. The molecule has 3 heteroatoms. The van der Waals surface area contributed by atoms with Crippen LogP contribution in [0, 0.1) is 5.92 Å². The Labute approximate surface area is 86.6 Å². The van der Waals surface area contributed by atoms with E-state index in [2.05, 4.69) is 0 Å². The van der Waals surface area contributed by atoms with Gasteiger partial charge in [0.2, 0.25) is 5.91 Å². The van der Waals surface area contributed by atoms with Crippen LogP contribution in [0.3, 0.4) is 0 Å². The predicted molar refractivity (Wildman–Crippen MR) is 57.9 cm³/mol. The lowest BCUT2D eigenvalue weighted by Gasteiger charge is -2.27. The van der Waals surface area contributed by atoms with Crippen molar-refractivity contribution in [3.63, 3.8) is 0 Å². The molecule has 0 spiro atoms. The minimum Gasteiger partial charge on any atom is -0.346 e. The summed E-state index contributed by atoms with van der Waals surface area (Å²) in [6, 6.07) is -0.0198. The lowest BCUT2D eigenvalue weighted by Crippen LogP contribution is -2.33. The quantitative estimate of drug-likeness (QED) is 0.725. The van der Waals surface area contributed by atoms with Gasteiger partial charge in [-0.2, -0.15) is 0 Å². The third-order valence-corrected chi connectivity index (χ3v) is 3.02. The minimum atomic E-state index is -0.0198. The predicted octanol–water partition coefficient (Wildman–Crippen LogP) is 1.37. The zero-order valence-corrected chi connectivity index (χ0v) is 9.33. The van der Waals surface area contributed by atoms with E-state index < -0.39 is 0 Å². The fraction of sp³-hybridized carbons (Fsp3) is 0.909. The molecule has 1 aliphatic rings. The third kappa shape index (κ3) is 3.66. The second-order valence-electron chi connectivity index (χ2n) is 4.58. The zero-order chi connectivity index (χ0) is 10.6. The number of amides is 1. The maximum absolute atomic E-state index is 11.5. The summed E-state index contributed by atoms with van der Waals surface area (Å²) in [5.74, 6) is 1.06. The van der Waals surface area contributed by atoms with Gasteiger partial charge in [-0.15, -0.1) is 0 Å². The highest BCUT2D eigenvalue weighted by Gasteiger charge is 2.18.